The molecule has 0 saturated carbocycles. The number of carbonyl (C=O) groups is 1. The van der Waals surface area contributed by atoms with Crippen molar-refractivity contribution in [2.24, 2.45) is 0 Å². The predicted octanol–water partition coefficient (Wildman–Crippen LogP) is 3.67. The topological polar surface area (TPSA) is 40.5 Å². The molecule has 1 aliphatic rings. The van der Waals surface area contributed by atoms with Gasteiger partial charge in [-0.2, -0.15) is 0 Å². The molecule has 0 aromatic heterocycles. The van der Waals surface area contributed by atoms with Gasteiger partial charge in [0, 0.05) is 11.6 Å². The molecule has 1 aromatic rings. The van der Waals surface area contributed by atoms with Crippen molar-refractivity contribution in [1.29, 1.82) is 0 Å². The van der Waals surface area contributed by atoms with Crippen molar-refractivity contribution in [3.63, 3.8) is 0 Å². The zero-order chi connectivity index (χ0) is 13.8. The Bertz CT molecular complexity index is 493. The molecular formula is C15H18ClNO2. The molecule has 0 unspecified atom stereocenters. The summed E-state index contributed by atoms with van der Waals surface area (Å²) in [5.74, 6) is -0.963. The highest BCUT2D eigenvalue weighted by Gasteiger charge is 2.16. The van der Waals surface area contributed by atoms with Gasteiger partial charge in [0.25, 0.3) is 0 Å². The number of hydrogen-bond donors (Lipinski definition) is 1. The molecule has 1 saturated heterocycles. The Morgan fingerprint density at radius 3 is 2.63 bits per heavy atom. The van der Waals surface area contributed by atoms with Crippen molar-refractivity contribution >= 4 is 23.6 Å². The molecule has 19 heavy (non-hydrogen) atoms. The van der Waals surface area contributed by atoms with Gasteiger partial charge in [-0.1, -0.05) is 30.7 Å². The zero-order valence-corrected chi connectivity index (χ0v) is 11.6. The highest BCUT2D eigenvalue weighted by atomic mass is 35.5. The van der Waals surface area contributed by atoms with E-state index in [-0.39, 0.29) is 5.56 Å². The average molecular weight is 280 g/mol. The van der Waals surface area contributed by atoms with Crippen LogP contribution in [0.2, 0.25) is 5.02 Å². The molecule has 2 rings (SSSR count). The first-order chi connectivity index (χ1) is 9.11. The van der Waals surface area contributed by atoms with Crippen LogP contribution in [0.15, 0.2) is 18.7 Å². The lowest BCUT2D eigenvalue weighted by molar-refractivity contribution is 0.0697. The van der Waals surface area contributed by atoms with Gasteiger partial charge in [0.15, 0.2) is 0 Å². The minimum absolute atomic E-state index is 0.210. The first-order valence-electron chi connectivity index (χ1n) is 6.52. The van der Waals surface area contributed by atoms with Crippen LogP contribution in [0.4, 0.5) is 0 Å². The summed E-state index contributed by atoms with van der Waals surface area (Å²) in [7, 11) is 0. The number of aromatic carboxylic acids is 1. The van der Waals surface area contributed by atoms with Crippen molar-refractivity contribution < 1.29 is 9.90 Å². The molecule has 1 heterocycles. The van der Waals surface area contributed by atoms with Crippen LogP contribution in [0.1, 0.15) is 40.7 Å². The number of hydrogen-bond acceptors (Lipinski definition) is 2. The van der Waals surface area contributed by atoms with Crippen LogP contribution < -0.4 is 0 Å². The minimum atomic E-state index is -0.963. The van der Waals surface area contributed by atoms with Gasteiger partial charge in [0.05, 0.1) is 5.56 Å². The van der Waals surface area contributed by atoms with Gasteiger partial charge < -0.3 is 5.11 Å². The first-order valence-corrected chi connectivity index (χ1v) is 6.90. The van der Waals surface area contributed by atoms with E-state index in [0.717, 1.165) is 30.8 Å². The third-order valence-corrected chi connectivity index (χ3v) is 3.86. The lowest BCUT2D eigenvalue weighted by Gasteiger charge is -2.27. The summed E-state index contributed by atoms with van der Waals surface area (Å²) < 4.78 is 0. The van der Waals surface area contributed by atoms with Crippen molar-refractivity contribution in [1.82, 2.24) is 4.90 Å². The number of nitrogens with zero attached hydrogens (tertiary/aromatic N) is 1. The first kappa shape index (κ1) is 14.1. The van der Waals surface area contributed by atoms with Crippen LogP contribution in [0.3, 0.4) is 0 Å². The molecule has 0 aliphatic carbocycles. The van der Waals surface area contributed by atoms with Crippen molar-refractivity contribution in [3.05, 3.63) is 40.4 Å². The summed E-state index contributed by atoms with van der Waals surface area (Å²) in [4.78, 5) is 13.4. The summed E-state index contributed by atoms with van der Waals surface area (Å²) in [6.07, 6.45) is 5.40. The summed E-state index contributed by atoms with van der Waals surface area (Å²) in [6.45, 7) is 6.67. The smallest absolute Gasteiger partial charge is 0.335 e. The minimum Gasteiger partial charge on any atom is -0.478 e. The van der Waals surface area contributed by atoms with E-state index in [1.165, 1.54) is 25.3 Å². The molecule has 102 valence electrons. The number of rotatable bonds is 4. The van der Waals surface area contributed by atoms with Crippen LogP contribution >= 0.6 is 11.6 Å². The Balaban J connectivity index is 2.28. The normalized spacial score (nSPS) is 16.3. The second-order valence-electron chi connectivity index (χ2n) is 4.87. The van der Waals surface area contributed by atoms with E-state index < -0.39 is 5.97 Å². The summed E-state index contributed by atoms with van der Waals surface area (Å²) in [5.41, 5.74) is 2.00. The third-order valence-electron chi connectivity index (χ3n) is 3.53. The molecule has 4 heteroatoms. The maximum Gasteiger partial charge on any atom is 0.335 e. The number of piperidine rings is 1. The Kier molecular flexibility index (Phi) is 4.61. The van der Waals surface area contributed by atoms with E-state index in [1.54, 1.807) is 12.1 Å². The van der Waals surface area contributed by atoms with Crippen LogP contribution in [0.5, 0.6) is 0 Å². The Labute approximate surface area is 118 Å². The van der Waals surface area contributed by atoms with Crippen molar-refractivity contribution in [3.8, 4) is 0 Å². The van der Waals surface area contributed by atoms with E-state index in [9.17, 15) is 4.79 Å². The van der Waals surface area contributed by atoms with Crippen molar-refractivity contribution in [2.75, 3.05) is 13.1 Å². The number of halogens is 1. The molecule has 1 fully saturated rings. The number of carboxylic acid groups (broad SMARTS) is 1. The molecule has 0 atom stereocenters. The zero-order valence-electron chi connectivity index (χ0n) is 10.9. The van der Waals surface area contributed by atoms with E-state index >= 15 is 0 Å². The van der Waals surface area contributed by atoms with Gasteiger partial charge in [-0.05, 0) is 49.2 Å². The molecule has 0 radical (unpaired) electrons. The third kappa shape index (κ3) is 3.37. The Hall–Kier alpha value is -1.32. The SMILES string of the molecule is C=Cc1cc(C(=O)O)cc(Cl)c1CN1CCCCC1. The molecule has 1 N–H and O–H groups in total. The number of likely N-dealkylation sites (tertiary alicyclic amines) is 1. The van der Waals surface area contributed by atoms with E-state index in [1.807, 2.05) is 0 Å². The second kappa shape index (κ2) is 6.22. The standard InChI is InChI=1S/C15H18ClNO2/c1-2-11-8-12(15(18)19)9-14(16)13(11)10-17-6-4-3-5-7-17/h2,8-9H,1,3-7,10H2,(H,18,19). The molecule has 1 aromatic carbocycles. The second-order valence-corrected chi connectivity index (χ2v) is 5.28. The van der Waals surface area contributed by atoms with Gasteiger partial charge >= 0.3 is 5.97 Å². The molecule has 0 spiro atoms. The van der Waals surface area contributed by atoms with Crippen LogP contribution in [0, 0.1) is 0 Å². The molecule has 1 aliphatic heterocycles. The number of carboxylic acids is 1. The van der Waals surface area contributed by atoms with Crippen LogP contribution in [-0.4, -0.2) is 29.1 Å². The average Bonchev–Trinajstić information content (AvgIpc) is 2.41. The Morgan fingerprint density at radius 1 is 1.37 bits per heavy atom. The Morgan fingerprint density at radius 2 is 2.05 bits per heavy atom. The van der Waals surface area contributed by atoms with Crippen LogP contribution in [0.25, 0.3) is 6.08 Å². The summed E-state index contributed by atoms with van der Waals surface area (Å²) in [6, 6.07) is 3.16. The summed E-state index contributed by atoms with van der Waals surface area (Å²) >= 11 is 6.24. The van der Waals surface area contributed by atoms with Gasteiger partial charge in [0.1, 0.15) is 0 Å². The predicted molar refractivity (Wildman–Crippen MR) is 77.6 cm³/mol. The summed E-state index contributed by atoms with van der Waals surface area (Å²) in [5, 5.41) is 9.55. The largest absolute Gasteiger partial charge is 0.478 e. The number of benzene rings is 1. The fourth-order valence-electron chi connectivity index (χ4n) is 2.47. The highest BCUT2D eigenvalue weighted by Crippen LogP contribution is 2.26. The fourth-order valence-corrected chi connectivity index (χ4v) is 2.76. The van der Waals surface area contributed by atoms with E-state index in [2.05, 4.69) is 11.5 Å². The van der Waals surface area contributed by atoms with Crippen molar-refractivity contribution in [2.45, 2.75) is 25.8 Å². The molecule has 3 nitrogen and oxygen atoms in total. The molecule has 0 bridgehead atoms. The molecular weight excluding hydrogens is 262 g/mol. The van der Waals surface area contributed by atoms with E-state index in [4.69, 9.17) is 16.7 Å². The van der Waals surface area contributed by atoms with Gasteiger partial charge in [0.2, 0.25) is 0 Å². The quantitative estimate of drug-likeness (QED) is 0.914. The lowest BCUT2D eigenvalue weighted by atomic mass is 10.0. The lowest BCUT2D eigenvalue weighted by Crippen LogP contribution is -2.29. The monoisotopic (exact) mass is 279 g/mol. The van der Waals surface area contributed by atoms with Gasteiger partial charge in [-0.3, -0.25) is 4.90 Å². The van der Waals surface area contributed by atoms with E-state index in [0.29, 0.717) is 5.02 Å². The maximum absolute atomic E-state index is 11.0. The maximum atomic E-state index is 11.0. The van der Waals surface area contributed by atoms with Gasteiger partial charge in [-0.15, -0.1) is 0 Å². The fraction of sp³-hybridized carbons (Fsp3) is 0.400. The van der Waals surface area contributed by atoms with Crippen LogP contribution in [-0.2, 0) is 6.54 Å². The highest BCUT2D eigenvalue weighted by molar-refractivity contribution is 6.32. The van der Waals surface area contributed by atoms with Gasteiger partial charge in [-0.25, -0.2) is 4.79 Å². The molecule has 0 amide bonds.